The van der Waals surface area contributed by atoms with E-state index in [-0.39, 0.29) is 24.6 Å². The summed E-state index contributed by atoms with van der Waals surface area (Å²) in [6.45, 7) is 9.35. The molecule has 5 aliphatic rings. The van der Waals surface area contributed by atoms with Gasteiger partial charge in [0.15, 0.2) is 0 Å². The van der Waals surface area contributed by atoms with E-state index in [1.54, 1.807) is 4.90 Å². The number of halogens is 1. The van der Waals surface area contributed by atoms with Crippen LogP contribution in [0.25, 0.3) is 10.8 Å². The van der Waals surface area contributed by atoms with Gasteiger partial charge in [-0.05, 0) is 42.3 Å². The molecule has 12 nitrogen and oxygen atoms in total. The molecule has 0 unspecified atom stereocenters. The van der Waals surface area contributed by atoms with Gasteiger partial charge in [0.1, 0.15) is 19.0 Å². The molecule has 3 saturated heterocycles. The van der Waals surface area contributed by atoms with Gasteiger partial charge in [0.25, 0.3) is 0 Å². The zero-order valence-electron chi connectivity index (χ0n) is 31.1. The molecule has 1 saturated carbocycles. The SMILES string of the molecule is N#CC[C@H]1CN(c2nc(OCC3(N4CCN(C5COC5)CC4)CC3)nc3c2CCN(c2cccc4cccc(Cl)c24)C3)CCN1C(=O)OCc1ccccc1. The number of piperazine rings is 2. The Morgan fingerprint density at radius 3 is 2.47 bits per heavy atom. The zero-order valence-corrected chi connectivity index (χ0v) is 31.9. The molecule has 5 heterocycles. The van der Waals surface area contributed by atoms with Gasteiger partial charge in [0.05, 0.1) is 60.6 Å². The van der Waals surface area contributed by atoms with Crippen LogP contribution in [0.4, 0.5) is 16.3 Å². The Balaban J connectivity index is 0.968. The molecule has 0 radical (unpaired) electrons. The van der Waals surface area contributed by atoms with E-state index >= 15 is 0 Å². The molecule has 9 rings (SSSR count). The predicted octanol–water partition coefficient (Wildman–Crippen LogP) is 5.51. The first-order valence-corrected chi connectivity index (χ1v) is 20.0. The van der Waals surface area contributed by atoms with Crippen LogP contribution >= 0.6 is 11.6 Å². The predicted molar refractivity (Wildman–Crippen MR) is 211 cm³/mol. The van der Waals surface area contributed by atoms with E-state index in [1.165, 1.54) is 0 Å². The van der Waals surface area contributed by atoms with E-state index in [0.29, 0.717) is 44.8 Å². The van der Waals surface area contributed by atoms with Crippen LogP contribution < -0.4 is 14.5 Å². The highest BCUT2D eigenvalue weighted by molar-refractivity contribution is 6.36. The fourth-order valence-electron chi connectivity index (χ4n) is 8.72. The maximum Gasteiger partial charge on any atom is 0.410 e. The van der Waals surface area contributed by atoms with Crippen LogP contribution in [0.15, 0.2) is 66.7 Å². The van der Waals surface area contributed by atoms with E-state index in [0.717, 1.165) is 109 Å². The van der Waals surface area contributed by atoms with Crippen molar-refractivity contribution in [2.75, 3.05) is 82.0 Å². The lowest BCUT2D eigenvalue weighted by Gasteiger charge is -2.44. The minimum absolute atomic E-state index is 0.0109. The number of amides is 1. The van der Waals surface area contributed by atoms with Gasteiger partial charge in [0, 0.05) is 69.0 Å². The highest BCUT2D eigenvalue weighted by atomic mass is 35.5. The third-order valence-electron chi connectivity index (χ3n) is 12.2. The fraction of sp³-hybridized carbons (Fsp3) is 0.476. The number of aromatic nitrogens is 2. The van der Waals surface area contributed by atoms with Crippen molar-refractivity contribution in [1.82, 2.24) is 24.7 Å². The molecule has 1 aliphatic carbocycles. The first kappa shape index (κ1) is 36.0. The average molecular weight is 763 g/mol. The van der Waals surface area contributed by atoms with Gasteiger partial charge in [-0.3, -0.25) is 9.80 Å². The Kier molecular flexibility index (Phi) is 10.1. The zero-order chi connectivity index (χ0) is 37.4. The van der Waals surface area contributed by atoms with E-state index < -0.39 is 6.09 Å². The van der Waals surface area contributed by atoms with E-state index in [9.17, 15) is 10.1 Å². The van der Waals surface area contributed by atoms with Crippen molar-refractivity contribution < 1.29 is 19.0 Å². The summed E-state index contributed by atoms with van der Waals surface area (Å²) in [7, 11) is 0. The minimum atomic E-state index is -0.404. The lowest BCUT2D eigenvalue weighted by atomic mass is 10.0. The molecule has 1 aromatic heterocycles. The highest BCUT2D eigenvalue weighted by Crippen LogP contribution is 2.43. The molecule has 3 aromatic carbocycles. The standard InChI is InChI=1S/C42H47ClN8O4/c43-35-10-4-8-31-9-5-11-37(38(31)35)48-17-13-34-36(25-48)45-40(55-29-42(14-15-42)50-21-18-47(19-22-50)33-27-53-28-33)46-39(34)49-20-23-51(32(24-49)12-16-44)41(52)54-26-30-6-2-1-3-7-30/h1-11,32-33H,12-15,17-29H2/t32-/m0/s1. The molecule has 0 bridgehead atoms. The average Bonchev–Trinajstić information content (AvgIpc) is 4.00. The molecule has 13 heteroatoms. The Hall–Kier alpha value is -4.67. The number of benzene rings is 3. The summed E-state index contributed by atoms with van der Waals surface area (Å²) in [5.41, 5.74) is 4.03. The number of carbonyl (C=O) groups is 1. The van der Waals surface area contributed by atoms with Crippen molar-refractivity contribution in [3.05, 3.63) is 88.6 Å². The van der Waals surface area contributed by atoms with Gasteiger partial charge in [0.2, 0.25) is 0 Å². The van der Waals surface area contributed by atoms with Gasteiger partial charge < -0.3 is 28.9 Å². The monoisotopic (exact) mass is 762 g/mol. The summed E-state index contributed by atoms with van der Waals surface area (Å²) >= 11 is 6.79. The molecule has 0 N–H and O–H groups in total. The molecule has 4 aliphatic heterocycles. The van der Waals surface area contributed by atoms with Crippen molar-refractivity contribution >= 4 is 40.0 Å². The third kappa shape index (κ3) is 7.38. The minimum Gasteiger partial charge on any atom is -0.461 e. The number of hydrogen-bond acceptors (Lipinski definition) is 11. The first-order chi connectivity index (χ1) is 27.0. The topological polar surface area (TPSA) is 111 Å². The van der Waals surface area contributed by atoms with Crippen molar-refractivity contribution in [2.24, 2.45) is 0 Å². The van der Waals surface area contributed by atoms with E-state index in [2.05, 4.69) is 49.9 Å². The van der Waals surface area contributed by atoms with Crippen LogP contribution in [0.5, 0.6) is 6.01 Å². The molecule has 286 valence electrons. The number of fused-ring (bicyclic) bond motifs is 2. The first-order valence-electron chi connectivity index (χ1n) is 19.6. The van der Waals surface area contributed by atoms with Crippen LogP contribution in [0.3, 0.4) is 0 Å². The van der Waals surface area contributed by atoms with Crippen LogP contribution in [0.2, 0.25) is 5.02 Å². The van der Waals surface area contributed by atoms with Crippen molar-refractivity contribution in [3.63, 3.8) is 0 Å². The summed E-state index contributed by atoms with van der Waals surface area (Å²) in [6, 6.07) is 24.9. The maximum absolute atomic E-state index is 13.4. The normalized spacial score (nSPS) is 21.5. The van der Waals surface area contributed by atoms with Gasteiger partial charge in [-0.15, -0.1) is 0 Å². The molecule has 4 fully saturated rings. The van der Waals surface area contributed by atoms with Crippen LogP contribution in [-0.4, -0.2) is 121 Å². The van der Waals surface area contributed by atoms with Crippen molar-refractivity contribution in [2.45, 2.75) is 56.5 Å². The summed E-state index contributed by atoms with van der Waals surface area (Å²) < 4.78 is 17.8. The van der Waals surface area contributed by atoms with Gasteiger partial charge in [-0.25, -0.2) is 4.79 Å². The molecular weight excluding hydrogens is 716 g/mol. The lowest BCUT2D eigenvalue weighted by molar-refractivity contribution is -0.0823. The highest BCUT2D eigenvalue weighted by Gasteiger charge is 2.50. The number of nitriles is 1. The fourth-order valence-corrected chi connectivity index (χ4v) is 9.00. The largest absolute Gasteiger partial charge is 0.461 e. The van der Waals surface area contributed by atoms with Crippen LogP contribution in [0.1, 0.15) is 36.1 Å². The number of hydrogen-bond donors (Lipinski definition) is 0. The third-order valence-corrected chi connectivity index (χ3v) is 12.5. The van der Waals surface area contributed by atoms with Gasteiger partial charge in [-0.2, -0.15) is 15.2 Å². The molecule has 55 heavy (non-hydrogen) atoms. The molecule has 1 amide bonds. The second-order valence-corrected chi connectivity index (χ2v) is 15.9. The summed E-state index contributed by atoms with van der Waals surface area (Å²) in [6.07, 6.45) is 2.72. The Morgan fingerprint density at radius 2 is 1.73 bits per heavy atom. The van der Waals surface area contributed by atoms with Crippen molar-refractivity contribution in [1.29, 1.82) is 5.26 Å². The number of anilines is 2. The summed E-state index contributed by atoms with van der Waals surface area (Å²) in [5, 5.41) is 12.7. The maximum atomic E-state index is 13.4. The lowest BCUT2D eigenvalue weighted by Crippen LogP contribution is -2.59. The second-order valence-electron chi connectivity index (χ2n) is 15.5. The van der Waals surface area contributed by atoms with Crippen molar-refractivity contribution in [3.8, 4) is 12.1 Å². The second kappa shape index (κ2) is 15.5. The number of nitrogens with zero attached hydrogens (tertiary/aromatic N) is 8. The summed E-state index contributed by atoms with van der Waals surface area (Å²) in [5.74, 6) is 0.831. The van der Waals surface area contributed by atoms with Crippen LogP contribution in [-0.2, 0) is 29.0 Å². The number of carbonyl (C=O) groups excluding carboxylic acids is 1. The molecule has 0 spiro atoms. The molecule has 4 aromatic rings. The number of ether oxygens (including phenoxy) is 3. The molecule has 1 atom stereocenters. The smallest absolute Gasteiger partial charge is 0.410 e. The quantitative estimate of drug-likeness (QED) is 0.204. The number of rotatable bonds is 10. The van der Waals surface area contributed by atoms with E-state index in [1.807, 2.05) is 42.5 Å². The Morgan fingerprint density at radius 1 is 0.927 bits per heavy atom. The van der Waals surface area contributed by atoms with Gasteiger partial charge in [-0.1, -0.05) is 66.2 Å². The van der Waals surface area contributed by atoms with Crippen LogP contribution in [0, 0.1) is 11.3 Å². The molecular formula is C42H47ClN8O4. The van der Waals surface area contributed by atoms with Gasteiger partial charge >= 0.3 is 12.1 Å². The van der Waals surface area contributed by atoms with E-state index in [4.69, 9.17) is 35.8 Å². The Bertz CT molecular complexity index is 2060. The summed E-state index contributed by atoms with van der Waals surface area (Å²) in [4.78, 5) is 35.1. The Labute approximate surface area is 327 Å².